The Bertz CT molecular complexity index is 834. The van der Waals surface area contributed by atoms with Crippen molar-refractivity contribution in [3.8, 4) is 0 Å². The Kier molecular flexibility index (Phi) is 3.45. The summed E-state index contributed by atoms with van der Waals surface area (Å²) in [5.41, 5.74) is 2.22. The normalized spacial score (nSPS) is 31.0. The third kappa shape index (κ3) is 2.54. The van der Waals surface area contributed by atoms with Gasteiger partial charge in [-0.25, -0.2) is 9.50 Å². The second-order valence-corrected chi connectivity index (χ2v) is 9.08. The highest BCUT2D eigenvalue weighted by Gasteiger charge is 2.51. The fraction of sp³-hybridized carbons (Fsp3) is 0.650. The Morgan fingerprint density at radius 1 is 1.27 bits per heavy atom. The molecule has 0 aromatic carbocycles. The molecule has 3 heterocycles. The van der Waals surface area contributed by atoms with Crippen LogP contribution in [0.3, 0.4) is 0 Å². The number of aromatic nitrogens is 3. The first-order valence-electron chi connectivity index (χ1n) is 9.73. The average molecular weight is 354 g/mol. The van der Waals surface area contributed by atoms with Gasteiger partial charge in [-0.2, -0.15) is 5.10 Å². The van der Waals surface area contributed by atoms with E-state index in [1.807, 2.05) is 34.8 Å². The third-order valence-corrected chi connectivity index (χ3v) is 6.93. The average Bonchev–Trinajstić information content (AvgIpc) is 3.01. The number of hydrogen-bond acceptors (Lipinski definition) is 4. The predicted molar refractivity (Wildman–Crippen MR) is 96.6 cm³/mol. The second-order valence-electron chi connectivity index (χ2n) is 9.08. The van der Waals surface area contributed by atoms with Gasteiger partial charge >= 0.3 is 0 Å². The van der Waals surface area contributed by atoms with Crippen molar-refractivity contribution in [1.29, 1.82) is 0 Å². The molecule has 1 amide bonds. The molecule has 1 aliphatic heterocycles. The van der Waals surface area contributed by atoms with Gasteiger partial charge < -0.3 is 10.0 Å². The van der Waals surface area contributed by atoms with Gasteiger partial charge in [-0.1, -0.05) is 0 Å². The van der Waals surface area contributed by atoms with Crippen molar-refractivity contribution in [2.75, 3.05) is 13.1 Å². The molecule has 26 heavy (non-hydrogen) atoms. The third-order valence-electron chi connectivity index (χ3n) is 6.93. The van der Waals surface area contributed by atoms with E-state index in [2.05, 4.69) is 10.1 Å². The summed E-state index contributed by atoms with van der Waals surface area (Å²) in [5.74, 6) is 0.873. The molecule has 6 nitrogen and oxygen atoms in total. The van der Waals surface area contributed by atoms with Crippen molar-refractivity contribution < 1.29 is 9.90 Å². The number of nitrogens with zero attached hydrogens (tertiary/aromatic N) is 4. The smallest absolute Gasteiger partial charge is 0.225 e. The zero-order valence-corrected chi connectivity index (χ0v) is 15.3. The zero-order valence-electron chi connectivity index (χ0n) is 15.3. The SMILES string of the molecule is CC1(O)CC(C(=O)N2CC3(CCC(c4cnn5cnccc45)CC3)C2)C1. The van der Waals surface area contributed by atoms with E-state index in [1.165, 1.54) is 36.8 Å². The van der Waals surface area contributed by atoms with Gasteiger partial charge in [-0.15, -0.1) is 0 Å². The molecule has 0 unspecified atom stereocenters. The standard InChI is InChI=1S/C20H26N4O2/c1-19(26)8-15(9-19)18(25)23-11-20(12-23)5-2-14(3-6-20)16-10-22-24-13-21-7-4-17(16)24/h4,7,10,13-15,26H,2-3,5-6,8-9,11-12H2,1H3. The Hall–Kier alpha value is -1.95. The van der Waals surface area contributed by atoms with Crippen LogP contribution in [0.15, 0.2) is 24.8 Å². The number of likely N-dealkylation sites (tertiary alicyclic amines) is 1. The molecular formula is C20H26N4O2. The highest BCUT2D eigenvalue weighted by Crippen LogP contribution is 2.50. The minimum Gasteiger partial charge on any atom is -0.390 e. The van der Waals surface area contributed by atoms with Gasteiger partial charge in [0.1, 0.15) is 6.33 Å². The van der Waals surface area contributed by atoms with Gasteiger partial charge in [0.15, 0.2) is 0 Å². The van der Waals surface area contributed by atoms with E-state index in [4.69, 9.17) is 0 Å². The molecule has 1 spiro atoms. The maximum Gasteiger partial charge on any atom is 0.225 e. The number of amides is 1. The molecule has 2 aromatic rings. The predicted octanol–water partition coefficient (Wildman–Crippen LogP) is 2.38. The minimum atomic E-state index is -0.620. The van der Waals surface area contributed by atoms with E-state index in [-0.39, 0.29) is 11.8 Å². The van der Waals surface area contributed by atoms with Gasteiger partial charge in [-0.05, 0) is 57.4 Å². The Morgan fingerprint density at radius 2 is 2.00 bits per heavy atom. The number of carbonyl (C=O) groups excluding carboxylic acids is 1. The lowest BCUT2D eigenvalue weighted by Crippen LogP contribution is -2.62. The highest BCUT2D eigenvalue weighted by atomic mass is 16.3. The summed E-state index contributed by atoms with van der Waals surface area (Å²) in [6.07, 6.45) is 11.6. The summed E-state index contributed by atoms with van der Waals surface area (Å²) in [4.78, 5) is 18.7. The van der Waals surface area contributed by atoms with Crippen LogP contribution in [0.4, 0.5) is 0 Å². The quantitative estimate of drug-likeness (QED) is 0.899. The van der Waals surface area contributed by atoms with Crippen molar-refractivity contribution >= 4 is 11.4 Å². The Morgan fingerprint density at radius 3 is 2.69 bits per heavy atom. The summed E-state index contributed by atoms with van der Waals surface area (Å²) < 4.78 is 1.86. The van der Waals surface area contributed by atoms with Crippen molar-refractivity contribution in [2.24, 2.45) is 11.3 Å². The Labute approximate surface area is 153 Å². The molecule has 3 fully saturated rings. The van der Waals surface area contributed by atoms with Gasteiger partial charge in [0, 0.05) is 36.2 Å². The van der Waals surface area contributed by atoms with Crippen LogP contribution in [0.1, 0.15) is 56.9 Å². The van der Waals surface area contributed by atoms with Gasteiger partial charge in [0.2, 0.25) is 5.91 Å². The molecule has 2 aliphatic carbocycles. The number of rotatable bonds is 2. The van der Waals surface area contributed by atoms with Gasteiger partial charge in [0.05, 0.1) is 17.3 Å². The molecule has 6 heteroatoms. The highest BCUT2D eigenvalue weighted by molar-refractivity contribution is 5.81. The van der Waals surface area contributed by atoms with Crippen molar-refractivity contribution in [3.05, 3.63) is 30.4 Å². The summed E-state index contributed by atoms with van der Waals surface area (Å²) in [7, 11) is 0. The van der Waals surface area contributed by atoms with Gasteiger partial charge in [-0.3, -0.25) is 4.79 Å². The van der Waals surface area contributed by atoms with Gasteiger partial charge in [0.25, 0.3) is 0 Å². The van der Waals surface area contributed by atoms with Crippen LogP contribution in [0.25, 0.3) is 5.52 Å². The largest absolute Gasteiger partial charge is 0.390 e. The molecule has 138 valence electrons. The molecule has 0 radical (unpaired) electrons. The van der Waals surface area contributed by atoms with Crippen LogP contribution in [0, 0.1) is 11.3 Å². The lowest BCUT2D eigenvalue weighted by atomic mass is 9.64. The summed E-state index contributed by atoms with van der Waals surface area (Å²) in [6, 6.07) is 2.05. The fourth-order valence-electron chi connectivity index (χ4n) is 5.39. The number of fused-ring (bicyclic) bond motifs is 1. The lowest BCUT2D eigenvalue weighted by molar-refractivity contribution is -0.163. The van der Waals surface area contributed by atoms with E-state index in [0.29, 0.717) is 24.2 Å². The first-order chi connectivity index (χ1) is 12.4. The monoisotopic (exact) mass is 354 g/mol. The first kappa shape index (κ1) is 16.2. The molecule has 1 saturated heterocycles. The summed E-state index contributed by atoms with van der Waals surface area (Å²) >= 11 is 0. The maximum atomic E-state index is 12.5. The Balaban J connectivity index is 1.19. The molecular weight excluding hydrogens is 328 g/mol. The topological polar surface area (TPSA) is 70.7 Å². The summed E-state index contributed by atoms with van der Waals surface area (Å²) in [5, 5.41) is 14.3. The number of carbonyl (C=O) groups is 1. The van der Waals surface area contributed by atoms with E-state index in [0.717, 1.165) is 13.1 Å². The van der Waals surface area contributed by atoms with Crippen molar-refractivity contribution in [3.63, 3.8) is 0 Å². The lowest BCUT2D eigenvalue weighted by Gasteiger charge is -2.55. The minimum absolute atomic E-state index is 0.0473. The van der Waals surface area contributed by atoms with Crippen molar-refractivity contribution in [2.45, 2.75) is 57.0 Å². The van der Waals surface area contributed by atoms with Crippen molar-refractivity contribution in [1.82, 2.24) is 19.5 Å². The van der Waals surface area contributed by atoms with E-state index >= 15 is 0 Å². The molecule has 2 saturated carbocycles. The zero-order chi connectivity index (χ0) is 17.9. The van der Waals surface area contributed by atoms with Crippen LogP contribution in [-0.2, 0) is 4.79 Å². The van der Waals surface area contributed by atoms with Crippen LogP contribution in [0.2, 0.25) is 0 Å². The van der Waals surface area contributed by atoms with E-state index in [1.54, 1.807) is 6.33 Å². The van der Waals surface area contributed by atoms with Crippen LogP contribution < -0.4 is 0 Å². The van der Waals surface area contributed by atoms with Crippen LogP contribution in [-0.4, -0.2) is 49.2 Å². The van der Waals surface area contributed by atoms with Crippen LogP contribution in [0.5, 0.6) is 0 Å². The molecule has 5 rings (SSSR count). The molecule has 3 aliphatic rings. The number of aliphatic hydroxyl groups is 1. The summed E-state index contributed by atoms with van der Waals surface area (Å²) in [6.45, 7) is 3.65. The van der Waals surface area contributed by atoms with E-state index in [9.17, 15) is 9.90 Å². The fourth-order valence-corrected chi connectivity index (χ4v) is 5.39. The maximum absolute atomic E-state index is 12.5. The molecule has 0 atom stereocenters. The molecule has 2 aromatic heterocycles. The molecule has 0 bridgehead atoms. The molecule has 1 N–H and O–H groups in total. The second kappa shape index (κ2) is 5.52. The van der Waals surface area contributed by atoms with E-state index < -0.39 is 5.60 Å². The number of hydrogen-bond donors (Lipinski definition) is 1. The first-order valence-corrected chi connectivity index (χ1v) is 9.73. The van der Waals surface area contributed by atoms with Crippen LogP contribution >= 0.6 is 0 Å².